The fourth-order valence-electron chi connectivity index (χ4n) is 3.32. The molecule has 0 saturated carbocycles. The van der Waals surface area contributed by atoms with E-state index in [-0.39, 0.29) is 10.5 Å². The minimum absolute atomic E-state index is 0.317. The molecule has 0 spiro atoms. The highest BCUT2D eigenvalue weighted by Gasteiger charge is 2.50. The fourth-order valence-corrected chi connectivity index (χ4v) is 5.87. The summed E-state index contributed by atoms with van der Waals surface area (Å²) in [4.78, 5) is 4.03. The van der Waals surface area contributed by atoms with Gasteiger partial charge in [-0.3, -0.25) is 4.98 Å². The van der Waals surface area contributed by atoms with E-state index in [9.17, 15) is 13.5 Å². The Labute approximate surface area is 107 Å². The van der Waals surface area contributed by atoms with Crippen molar-refractivity contribution in [3.63, 3.8) is 0 Å². The third-order valence-corrected chi connectivity index (χ3v) is 6.97. The molecule has 5 heteroatoms. The highest BCUT2D eigenvalue weighted by atomic mass is 32.2. The van der Waals surface area contributed by atoms with Crippen LogP contribution in [0.5, 0.6) is 0 Å². The maximum Gasteiger partial charge on any atom is 0.156 e. The molecule has 18 heavy (non-hydrogen) atoms. The van der Waals surface area contributed by atoms with Crippen LogP contribution in [0.25, 0.3) is 0 Å². The molecule has 1 aromatic rings. The standard InChI is InChI=1S/C13H17NO3S/c15-13(10-3-2-6-14-9-10)7-11-4-1-5-12(8-13)18(11,16)17/h2-3,6,9,11-12,15H,1,4-5,7-8H2. The third-order valence-electron chi connectivity index (χ3n) is 4.31. The summed E-state index contributed by atoms with van der Waals surface area (Å²) in [6.45, 7) is 0. The van der Waals surface area contributed by atoms with E-state index >= 15 is 0 Å². The average Bonchev–Trinajstić information content (AvgIpc) is 2.33. The molecule has 2 atom stereocenters. The quantitative estimate of drug-likeness (QED) is 0.835. The first-order valence-electron chi connectivity index (χ1n) is 6.38. The molecule has 0 amide bonds. The monoisotopic (exact) mass is 267 g/mol. The SMILES string of the molecule is O=S1(=O)C2CCCC1CC(O)(c1cccnc1)C2. The third kappa shape index (κ3) is 1.77. The molecule has 4 nitrogen and oxygen atoms in total. The van der Waals surface area contributed by atoms with Gasteiger partial charge in [0.15, 0.2) is 9.84 Å². The maximum absolute atomic E-state index is 12.2. The summed E-state index contributed by atoms with van der Waals surface area (Å²) in [6, 6.07) is 3.62. The number of nitrogens with zero attached hydrogens (tertiary/aromatic N) is 1. The zero-order valence-corrected chi connectivity index (χ0v) is 10.9. The molecule has 2 bridgehead atoms. The van der Waals surface area contributed by atoms with Crippen molar-refractivity contribution in [2.45, 2.75) is 48.2 Å². The lowest BCUT2D eigenvalue weighted by atomic mass is 9.81. The summed E-state index contributed by atoms with van der Waals surface area (Å²) in [6.07, 6.45) is 6.26. The van der Waals surface area contributed by atoms with Crippen LogP contribution in [-0.2, 0) is 15.4 Å². The van der Waals surface area contributed by atoms with Crippen molar-refractivity contribution >= 4 is 9.84 Å². The predicted molar refractivity (Wildman–Crippen MR) is 67.7 cm³/mol. The molecule has 0 aliphatic carbocycles. The van der Waals surface area contributed by atoms with Gasteiger partial charge in [0.25, 0.3) is 0 Å². The summed E-state index contributed by atoms with van der Waals surface area (Å²) in [7, 11) is -3.02. The van der Waals surface area contributed by atoms with Crippen molar-refractivity contribution in [3.05, 3.63) is 30.1 Å². The molecule has 2 saturated heterocycles. The number of hydrogen-bond donors (Lipinski definition) is 1. The van der Waals surface area contributed by atoms with E-state index in [0.29, 0.717) is 25.7 Å². The van der Waals surface area contributed by atoms with Crippen LogP contribution < -0.4 is 0 Å². The van der Waals surface area contributed by atoms with Crippen molar-refractivity contribution < 1.29 is 13.5 Å². The Morgan fingerprint density at radius 1 is 1.28 bits per heavy atom. The van der Waals surface area contributed by atoms with Gasteiger partial charge in [-0.25, -0.2) is 8.42 Å². The van der Waals surface area contributed by atoms with Crippen molar-refractivity contribution in [2.75, 3.05) is 0 Å². The van der Waals surface area contributed by atoms with Gasteiger partial charge in [0, 0.05) is 18.0 Å². The van der Waals surface area contributed by atoms with Crippen LogP contribution >= 0.6 is 0 Å². The van der Waals surface area contributed by atoms with Gasteiger partial charge in [0.2, 0.25) is 0 Å². The van der Waals surface area contributed by atoms with Gasteiger partial charge in [-0.15, -0.1) is 0 Å². The van der Waals surface area contributed by atoms with Crippen LogP contribution in [0, 0.1) is 0 Å². The van der Waals surface area contributed by atoms with E-state index in [0.717, 1.165) is 12.0 Å². The van der Waals surface area contributed by atoms with Crippen molar-refractivity contribution in [2.24, 2.45) is 0 Å². The van der Waals surface area contributed by atoms with E-state index in [1.54, 1.807) is 18.5 Å². The smallest absolute Gasteiger partial charge is 0.156 e. The molecule has 0 radical (unpaired) electrons. The zero-order chi connectivity index (χ0) is 12.8. The Kier molecular flexibility index (Phi) is 2.71. The summed E-state index contributed by atoms with van der Waals surface area (Å²) in [5, 5.41) is 10.0. The fraction of sp³-hybridized carbons (Fsp3) is 0.615. The van der Waals surface area contributed by atoms with Crippen LogP contribution in [-0.4, -0.2) is 29.0 Å². The van der Waals surface area contributed by atoms with Gasteiger partial charge >= 0.3 is 0 Å². The number of hydrogen-bond acceptors (Lipinski definition) is 4. The van der Waals surface area contributed by atoms with E-state index in [1.807, 2.05) is 6.07 Å². The summed E-state index contributed by atoms with van der Waals surface area (Å²) >= 11 is 0. The van der Waals surface area contributed by atoms with E-state index in [1.165, 1.54) is 0 Å². The van der Waals surface area contributed by atoms with Crippen LogP contribution in [0.2, 0.25) is 0 Å². The molecule has 2 aliphatic rings. The first-order chi connectivity index (χ1) is 8.52. The van der Waals surface area contributed by atoms with Gasteiger partial charge in [0.1, 0.15) is 0 Å². The number of rotatable bonds is 1. The van der Waals surface area contributed by atoms with Gasteiger partial charge in [-0.1, -0.05) is 12.5 Å². The molecule has 1 aromatic heterocycles. The molecule has 0 aromatic carbocycles. The molecule has 3 heterocycles. The topological polar surface area (TPSA) is 67.3 Å². The van der Waals surface area contributed by atoms with Gasteiger partial charge in [0.05, 0.1) is 16.1 Å². The van der Waals surface area contributed by atoms with Crippen LogP contribution in [0.1, 0.15) is 37.7 Å². The van der Waals surface area contributed by atoms with E-state index in [2.05, 4.69) is 4.98 Å². The Morgan fingerprint density at radius 3 is 2.50 bits per heavy atom. The number of aliphatic hydroxyl groups is 1. The van der Waals surface area contributed by atoms with Crippen molar-refractivity contribution in [3.8, 4) is 0 Å². The lowest BCUT2D eigenvalue weighted by molar-refractivity contribution is 0.00471. The van der Waals surface area contributed by atoms with Crippen LogP contribution in [0.15, 0.2) is 24.5 Å². The Hall–Kier alpha value is -0.940. The molecular formula is C13H17NO3S. The second-order valence-corrected chi connectivity index (χ2v) is 7.96. The molecule has 1 N–H and O–H groups in total. The van der Waals surface area contributed by atoms with Crippen LogP contribution in [0.3, 0.4) is 0 Å². The first-order valence-corrected chi connectivity index (χ1v) is 7.99. The maximum atomic E-state index is 12.2. The lowest BCUT2D eigenvalue weighted by Crippen LogP contribution is -2.50. The zero-order valence-electron chi connectivity index (χ0n) is 10.1. The lowest BCUT2D eigenvalue weighted by Gasteiger charge is -2.43. The Morgan fingerprint density at radius 2 is 1.94 bits per heavy atom. The number of sulfone groups is 1. The highest BCUT2D eigenvalue weighted by Crippen LogP contribution is 2.45. The molecule has 2 aliphatic heterocycles. The van der Waals surface area contributed by atoms with Gasteiger partial charge in [-0.05, 0) is 31.7 Å². The van der Waals surface area contributed by atoms with Gasteiger partial charge in [-0.2, -0.15) is 0 Å². The number of fused-ring (bicyclic) bond motifs is 2. The largest absolute Gasteiger partial charge is 0.385 e. The normalized spacial score (nSPS) is 38.3. The van der Waals surface area contributed by atoms with Gasteiger partial charge < -0.3 is 5.11 Å². The van der Waals surface area contributed by atoms with E-state index < -0.39 is 15.4 Å². The van der Waals surface area contributed by atoms with Crippen LogP contribution in [0.4, 0.5) is 0 Å². The van der Waals surface area contributed by atoms with E-state index in [4.69, 9.17) is 0 Å². The minimum atomic E-state index is -3.02. The molecule has 98 valence electrons. The van der Waals surface area contributed by atoms with Crippen molar-refractivity contribution in [1.82, 2.24) is 4.98 Å². The highest BCUT2D eigenvalue weighted by molar-refractivity contribution is 7.92. The average molecular weight is 267 g/mol. The Bertz CT molecular complexity index is 521. The number of aromatic nitrogens is 1. The summed E-state index contributed by atoms with van der Waals surface area (Å²) in [5.74, 6) is 0. The second-order valence-electron chi connectivity index (χ2n) is 5.45. The van der Waals surface area contributed by atoms with Crippen molar-refractivity contribution in [1.29, 1.82) is 0 Å². The minimum Gasteiger partial charge on any atom is -0.385 e. The second kappa shape index (κ2) is 4.03. The molecule has 2 unspecified atom stereocenters. The molecule has 2 fully saturated rings. The predicted octanol–water partition coefficient (Wildman–Crippen LogP) is 1.40. The number of pyridine rings is 1. The molecular weight excluding hydrogens is 250 g/mol. The first kappa shape index (κ1) is 12.1. The summed E-state index contributed by atoms with van der Waals surface area (Å²) in [5.41, 5.74) is -0.271. The Balaban J connectivity index is 1.98. The summed E-state index contributed by atoms with van der Waals surface area (Å²) < 4.78 is 24.4. The molecule has 3 rings (SSSR count).